The quantitative estimate of drug-likeness (QED) is 0.719. The second kappa shape index (κ2) is 8.21. The molecule has 2 unspecified atom stereocenters. The van der Waals surface area contributed by atoms with Gasteiger partial charge in [-0.05, 0) is 30.0 Å². The minimum Gasteiger partial charge on any atom is -0.481 e. The van der Waals surface area contributed by atoms with Crippen molar-refractivity contribution in [3.05, 3.63) is 34.9 Å². The van der Waals surface area contributed by atoms with Crippen LogP contribution < -0.4 is 0 Å². The Balaban J connectivity index is 2.77. The van der Waals surface area contributed by atoms with Gasteiger partial charge in [0.2, 0.25) is 0 Å². The third kappa shape index (κ3) is 5.23. The van der Waals surface area contributed by atoms with Crippen molar-refractivity contribution in [3.8, 4) is 0 Å². The van der Waals surface area contributed by atoms with Gasteiger partial charge in [0.1, 0.15) is 0 Å². The summed E-state index contributed by atoms with van der Waals surface area (Å²) < 4.78 is 0. The van der Waals surface area contributed by atoms with E-state index in [1.54, 1.807) is 12.1 Å². The van der Waals surface area contributed by atoms with Crippen LogP contribution in [-0.2, 0) is 4.79 Å². The summed E-state index contributed by atoms with van der Waals surface area (Å²) in [5.41, 5.74) is 0.854. The first-order valence-corrected chi connectivity index (χ1v) is 7.44. The van der Waals surface area contributed by atoms with Crippen molar-refractivity contribution in [2.45, 2.75) is 51.9 Å². The molecule has 0 aliphatic heterocycles. The number of aliphatic carboxylic acids is 1. The molecule has 106 valence electrons. The van der Waals surface area contributed by atoms with Crippen molar-refractivity contribution < 1.29 is 9.90 Å². The molecular weight excluding hydrogens is 260 g/mol. The van der Waals surface area contributed by atoms with Crippen LogP contribution in [0.4, 0.5) is 0 Å². The minimum atomic E-state index is -0.739. The molecule has 0 saturated heterocycles. The van der Waals surface area contributed by atoms with Crippen LogP contribution in [0.3, 0.4) is 0 Å². The van der Waals surface area contributed by atoms with Gasteiger partial charge >= 0.3 is 5.97 Å². The molecule has 2 nitrogen and oxygen atoms in total. The van der Waals surface area contributed by atoms with Crippen LogP contribution >= 0.6 is 11.6 Å². The maximum Gasteiger partial charge on any atom is 0.310 e. The fraction of sp³-hybridized carbons (Fsp3) is 0.562. The van der Waals surface area contributed by atoms with E-state index in [1.807, 2.05) is 12.1 Å². The number of carbonyl (C=O) groups is 1. The molecule has 0 spiro atoms. The van der Waals surface area contributed by atoms with Crippen LogP contribution in [0.15, 0.2) is 24.3 Å². The largest absolute Gasteiger partial charge is 0.481 e. The molecule has 0 radical (unpaired) electrons. The van der Waals surface area contributed by atoms with Gasteiger partial charge in [0, 0.05) is 5.02 Å². The predicted octanol–water partition coefficient (Wildman–Crippen LogP) is 5.11. The van der Waals surface area contributed by atoms with E-state index < -0.39 is 11.9 Å². The molecule has 1 aromatic carbocycles. The molecule has 0 saturated carbocycles. The third-order valence-corrected chi connectivity index (χ3v) is 3.93. The zero-order valence-corrected chi connectivity index (χ0v) is 12.5. The number of unbranched alkanes of at least 4 members (excludes halogenated alkanes) is 1. The molecule has 1 N–H and O–H groups in total. The van der Waals surface area contributed by atoms with Gasteiger partial charge in [0.05, 0.1) is 5.92 Å². The van der Waals surface area contributed by atoms with Crippen molar-refractivity contribution in [2.75, 3.05) is 0 Å². The molecule has 3 heteroatoms. The van der Waals surface area contributed by atoms with Crippen molar-refractivity contribution >= 4 is 17.6 Å². The van der Waals surface area contributed by atoms with Gasteiger partial charge < -0.3 is 5.11 Å². The van der Waals surface area contributed by atoms with Crippen molar-refractivity contribution in [1.29, 1.82) is 0 Å². The lowest BCUT2D eigenvalue weighted by Gasteiger charge is -2.20. The van der Waals surface area contributed by atoms with E-state index in [0.717, 1.165) is 24.8 Å². The van der Waals surface area contributed by atoms with Crippen LogP contribution in [-0.4, -0.2) is 11.1 Å². The Morgan fingerprint density at radius 3 is 2.37 bits per heavy atom. The third-order valence-electron chi connectivity index (χ3n) is 3.68. The maximum absolute atomic E-state index is 11.5. The van der Waals surface area contributed by atoms with Crippen LogP contribution in [0.5, 0.6) is 0 Å². The molecule has 0 amide bonds. The number of benzene rings is 1. The van der Waals surface area contributed by atoms with Crippen LogP contribution in [0.1, 0.15) is 57.4 Å². The van der Waals surface area contributed by atoms with Crippen LogP contribution in [0.25, 0.3) is 0 Å². The lowest BCUT2D eigenvalue weighted by molar-refractivity contribution is -0.139. The summed E-state index contributed by atoms with van der Waals surface area (Å²) >= 11 is 5.85. The Morgan fingerprint density at radius 2 is 1.89 bits per heavy atom. The van der Waals surface area contributed by atoms with Crippen LogP contribution in [0.2, 0.25) is 5.02 Å². The Labute approximate surface area is 120 Å². The van der Waals surface area contributed by atoms with E-state index in [2.05, 4.69) is 13.8 Å². The summed E-state index contributed by atoms with van der Waals surface area (Å²) in [6, 6.07) is 7.18. The number of hydrogen-bond acceptors (Lipinski definition) is 1. The fourth-order valence-electron chi connectivity index (χ4n) is 2.39. The second-order valence-corrected chi connectivity index (χ2v) is 5.53. The smallest absolute Gasteiger partial charge is 0.310 e. The average Bonchev–Trinajstić information content (AvgIpc) is 2.40. The number of halogens is 1. The first-order chi connectivity index (χ1) is 9.08. The van der Waals surface area contributed by atoms with Gasteiger partial charge in [0.25, 0.3) is 0 Å². The van der Waals surface area contributed by atoms with Gasteiger partial charge in [-0.1, -0.05) is 63.3 Å². The lowest BCUT2D eigenvalue weighted by Crippen LogP contribution is -2.16. The molecule has 1 aromatic rings. The highest BCUT2D eigenvalue weighted by atomic mass is 35.5. The summed E-state index contributed by atoms with van der Waals surface area (Å²) in [5, 5.41) is 10.1. The van der Waals surface area contributed by atoms with Gasteiger partial charge in [-0.3, -0.25) is 4.79 Å². The number of carboxylic acids is 1. The minimum absolute atomic E-state index is 0.418. The highest BCUT2D eigenvalue weighted by Crippen LogP contribution is 2.29. The first kappa shape index (κ1) is 16.0. The van der Waals surface area contributed by atoms with E-state index in [-0.39, 0.29) is 0 Å². The molecule has 19 heavy (non-hydrogen) atoms. The number of carboxylic acid groups (broad SMARTS) is 1. The topological polar surface area (TPSA) is 37.3 Å². The van der Waals surface area contributed by atoms with Crippen molar-refractivity contribution in [3.63, 3.8) is 0 Å². The molecule has 0 bridgehead atoms. The Hall–Kier alpha value is -1.02. The maximum atomic E-state index is 11.5. The van der Waals surface area contributed by atoms with E-state index in [0.29, 0.717) is 17.4 Å². The molecule has 1 rings (SSSR count). The van der Waals surface area contributed by atoms with Crippen molar-refractivity contribution in [1.82, 2.24) is 0 Å². The normalized spacial score (nSPS) is 14.1. The van der Waals surface area contributed by atoms with Gasteiger partial charge in [-0.25, -0.2) is 0 Å². The zero-order valence-electron chi connectivity index (χ0n) is 11.7. The molecule has 0 aliphatic rings. The van der Waals surface area contributed by atoms with Gasteiger partial charge in [0.15, 0.2) is 0 Å². The molecule has 0 aliphatic carbocycles. The van der Waals surface area contributed by atoms with E-state index >= 15 is 0 Å². The predicted molar refractivity (Wildman–Crippen MR) is 79.8 cm³/mol. The van der Waals surface area contributed by atoms with Gasteiger partial charge in [-0.15, -0.1) is 0 Å². The Bertz CT molecular complexity index is 386. The highest BCUT2D eigenvalue weighted by molar-refractivity contribution is 6.30. The zero-order chi connectivity index (χ0) is 14.3. The van der Waals surface area contributed by atoms with E-state index in [4.69, 9.17) is 11.6 Å². The summed E-state index contributed by atoms with van der Waals surface area (Å²) in [6.07, 6.45) is 5.20. The SMILES string of the molecule is CCCCC(CC)CC(C(=O)O)c1ccc(Cl)cc1. The fourth-order valence-corrected chi connectivity index (χ4v) is 2.52. The first-order valence-electron chi connectivity index (χ1n) is 7.06. The number of hydrogen-bond donors (Lipinski definition) is 1. The summed E-state index contributed by atoms with van der Waals surface area (Å²) in [4.78, 5) is 11.5. The van der Waals surface area contributed by atoms with Crippen LogP contribution in [0, 0.1) is 5.92 Å². The average molecular weight is 283 g/mol. The summed E-state index contributed by atoms with van der Waals surface area (Å²) in [7, 11) is 0. The highest BCUT2D eigenvalue weighted by Gasteiger charge is 2.23. The number of rotatable bonds is 8. The summed E-state index contributed by atoms with van der Waals surface area (Å²) in [5.74, 6) is -0.673. The molecule has 0 fully saturated rings. The second-order valence-electron chi connectivity index (χ2n) is 5.09. The monoisotopic (exact) mass is 282 g/mol. The Morgan fingerprint density at radius 1 is 1.26 bits per heavy atom. The standard InChI is InChI=1S/C16H23ClO2/c1-3-5-6-12(4-2)11-15(16(18)19)13-7-9-14(17)10-8-13/h7-10,12,15H,3-6,11H2,1-2H3,(H,18,19). The van der Waals surface area contributed by atoms with Gasteiger partial charge in [-0.2, -0.15) is 0 Å². The van der Waals surface area contributed by atoms with Crippen molar-refractivity contribution in [2.24, 2.45) is 5.92 Å². The molecule has 0 aromatic heterocycles. The summed E-state index contributed by atoms with van der Waals surface area (Å²) in [6.45, 7) is 4.31. The molecule has 0 heterocycles. The van der Waals surface area contributed by atoms with E-state index in [9.17, 15) is 9.90 Å². The Kier molecular flexibility index (Phi) is 6.93. The van der Waals surface area contributed by atoms with E-state index in [1.165, 1.54) is 6.42 Å². The lowest BCUT2D eigenvalue weighted by atomic mass is 9.85. The molecular formula is C16H23ClO2. The molecule has 2 atom stereocenters.